The van der Waals surface area contributed by atoms with Gasteiger partial charge in [-0.1, -0.05) is 62.5 Å². The van der Waals surface area contributed by atoms with Crippen molar-refractivity contribution in [1.29, 1.82) is 0 Å². The van der Waals surface area contributed by atoms with Gasteiger partial charge in [-0.2, -0.15) is 13.2 Å². The van der Waals surface area contributed by atoms with Crippen LogP contribution in [0.25, 0.3) is 5.57 Å². The number of alkyl halides is 3. The van der Waals surface area contributed by atoms with Gasteiger partial charge in [0.05, 0.1) is 0 Å². The zero-order valence-corrected chi connectivity index (χ0v) is 16.5. The fourth-order valence-electron chi connectivity index (χ4n) is 2.87. The Morgan fingerprint density at radius 1 is 1.15 bits per heavy atom. The summed E-state index contributed by atoms with van der Waals surface area (Å²) in [6.07, 6.45) is -1.22. The van der Waals surface area contributed by atoms with Crippen molar-refractivity contribution in [1.82, 2.24) is 0 Å². The smallest absolute Gasteiger partial charge is 0.169 e. The zero-order chi connectivity index (χ0) is 19.9. The lowest BCUT2D eigenvalue weighted by Crippen LogP contribution is -2.22. The quantitative estimate of drug-likeness (QED) is 0.461. The number of hydrogen-bond acceptors (Lipinski definition) is 0. The Labute approximate surface area is 156 Å². The molecule has 142 valence electrons. The first-order chi connectivity index (χ1) is 12.1. The molecule has 1 aromatic carbocycles. The number of hydrogen-bond donors (Lipinski definition) is 0. The van der Waals surface area contributed by atoms with E-state index in [1.807, 2.05) is 39.8 Å². The second-order valence-corrected chi connectivity index (χ2v) is 6.77. The predicted molar refractivity (Wildman–Crippen MR) is 105 cm³/mol. The number of rotatable bonds is 6. The van der Waals surface area contributed by atoms with Gasteiger partial charge in [0, 0.05) is 0 Å². The van der Waals surface area contributed by atoms with Gasteiger partial charge >= 0.3 is 6.18 Å². The standard InChI is InChI=1S/C23H29F3/c1-7-9-11-19-12-10-13-20(18(6)17(5)8-2)22(19)21(23(24,25)26)15-14-16(3)4/h10,12-13,21H,3,7-9,11H2,1-2,4-6H3/b18-17+. The summed E-state index contributed by atoms with van der Waals surface area (Å²) in [4.78, 5) is 0. The van der Waals surface area contributed by atoms with E-state index in [0.717, 1.165) is 36.0 Å². The third-order valence-electron chi connectivity index (χ3n) is 4.62. The zero-order valence-electron chi connectivity index (χ0n) is 16.5. The third-order valence-corrected chi connectivity index (χ3v) is 4.62. The first kappa shape index (κ1) is 22.1. The highest BCUT2D eigenvalue weighted by atomic mass is 19.4. The van der Waals surface area contributed by atoms with Gasteiger partial charge in [-0.3, -0.25) is 0 Å². The number of aryl methyl sites for hydroxylation is 1. The summed E-state index contributed by atoms with van der Waals surface area (Å²) in [6, 6.07) is 5.46. The maximum Gasteiger partial charge on any atom is 0.406 e. The van der Waals surface area contributed by atoms with Crippen LogP contribution in [0.2, 0.25) is 0 Å². The Hall–Kier alpha value is -1.95. The monoisotopic (exact) mass is 362 g/mol. The van der Waals surface area contributed by atoms with Crippen LogP contribution in [0.3, 0.4) is 0 Å². The van der Waals surface area contributed by atoms with Crippen molar-refractivity contribution < 1.29 is 13.2 Å². The van der Waals surface area contributed by atoms with E-state index >= 15 is 0 Å². The van der Waals surface area contributed by atoms with Crippen molar-refractivity contribution in [2.24, 2.45) is 0 Å². The SMILES string of the molecule is C=C(C)C#CC(c1c(CCCC)cccc1/C(C)=C(\C)CC)C(F)(F)F. The number of benzene rings is 1. The van der Waals surface area contributed by atoms with Crippen molar-refractivity contribution in [2.75, 3.05) is 0 Å². The van der Waals surface area contributed by atoms with Gasteiger partial charge < -0.3 is 0 Å². The summed E-state index contributed by atoms with van der Waals surface area (Å²) >= 11 is 0. The molecular weight excluding hydrogens is 333 g/mol. The lowest BCUT2D eigenvalue weighted by molar-refractivity contribution is -0.137. The first-order valence-electron chi connectivity index (χ1n) is 9.15. The summed E-state index contributed by atoms with van der Waals surface area (Å²) < 4.78 is 41.8. The lowest BCUT2D eigenvalue weighted by Gasteiger charge is -2.23. The van der Waals surface area contributed by atoms with Gasteiger partial charge in [-0.15, -0.1) is 0 Å². The average Bonchev–Trinajstić information content (AvgIpc) is 2.57. The van der Waals surface area contributed by atoms with Crippen LogP contribution < -0.4 is 0 Å². The molecule has 0 aliphatic carbocycles. The van der Waals surface area contributed by atoms with E-state index in [0.29, 0.717) is 23.1 Å². The normalized spacial score (nSPS) is 13.5. The molecule has 0 fully saturated rings. The molecule has 0 radical (unpaired) electrons. The van der Waals surface area contributed by atoms with E-state index in [-0.39, 0.29) is 0 Å². The van der Waals surface area contributed by atoms with Crippen molar-refractivity contribution in [3.63, 3.8) is 0 Å². The van der Waals surface area contributed by atoms with Crippen LogP contribution in [0.15, 0.2) is 35.9 Å². The van der Waals surface area contributed by atoms with Crippen LogP contribution in [0.4, 0.5) is 13.2 Å². The highest BCUT2D eigenvalue weighted by Gasteiger charge is 2.42. The number of allylic oxidation sites excluding steroid dienone is 3. The van der Waals surface area contributed by atoms with Crippen LogP contribution in [0, 0.1) is 11.8 Å². The first-order valence-corrected chi connectivity index (χ1v) is 9.15. The van der Waals surface area contributed by atoms with E-state index in [1.165, 1.54) is 0 Å². The topological polar surface area (TPSA) is 0 Å². The van der Waals surface area contributed by atoms with Gasteiger partial charge in [0.25, 0.3) is 0 Å². The van der Waals surface area contributed by atoms with Crippen LogP contribution in [0.1, 0.15) is 76.5 Å². The molecule has 0 aliphatic heterocycles. The number of unbranched alkanes of at least 4 members (excludes halogenated alkanes) is 1. The van der Waals surface area contributed by atoms with Gasteiger partial charge in [0.1, 0.15) is 5.92 Å². The summed E-state index contributed by atoms with van der Waals surface area (Å²) in [5, 5.41) is 0. The van der Waals surface area contributed by atoms with Crippen LogP contribution >= 0.6 is 0 Å². The van der Waals surface area contributed by atoms with Crippen LogP contribution in [0.5, 0.6) is 0 Å². The van der Waals surface area contributed by atoms with Crippen molar-refractivity contribution >= 4 is 5.57 Å². The average molecular weight is 362 g/mol. The number of halogens is 3. The molecular formula is C23H29F3. The molecule has 0 bridgehead atoms. The molecule has 0 amide bonds. The predicted octanol–water partition coefficient (Wildman–Crippen LogP) is 7.46. The molecule has 26 heavy (non-hydrogen) atoms. The largest absolute Gasteiger partial charge is 0.406 e. The summed E-state index contributed by atoms with van der Waals surface area (Å²) in [5.41, 5.74) is 4.15. The van der Waals surface area contributed by atoms with E-state index in [1.54, 1.807) is 13.0 Å². The van der Waals surface area contributed by atoms with Crippen molar-refractivity contribution in [3.05, 3.63) is 52.6 Å². The lowest BCUT2D eigenvalue weighted by atomic mass is 9.83. The highest BCUT2D eigenvalue weighted by molar-refractivity contribution is 5.71. The van der Waals surface area contributed by atoms with Gasteiger partial charge in [0.2, 0.25) is 0 Å². The highest BCUT2D eigenvalue weighted by Crippen LogP contribution is 2.41. The molecule has 0 heterocycles. The van der Waals surface area contributed by atoms with Gasteiger partial charge in [0.15, 0.2) is 0 Å². The van der Waals surface area contributed by atoms with Gasteiger partial charge in [-0.05, 0) is 67.9 Å². The summed E-state index contributed by atoms with van der Waals surface area (Å²) in [7, 11) is 0. The fraction of sp³-hybridized carbons (Fsp3) is 0.478. The van der Waals surface area contributed by atoms with E-state index in [2.05, 4.69) is 18.4 Å². The van der Waals surface area contributed by atoms with E-state index < -0.39 is 12.1 Å². The molecule has 0 saturated carbocycles. The molecule has 0 saturated heterocycles. The Morgan fingerprint density at radius 3 is 2.31 bits per heavy atom. The molecule has 0 spiro atoms. The maximum absolute atomic E-state index is 13.9. The second-order valence-electron chi connectivity index (χ2n) is 6.77. The Bertz CT molecular complexity index is 724. The third kappa shape index (κ3) is 5.80. The molecule has 0 aromatic heterocycles. The molecule has 1 atom stereocenters. The van der Waals surface area contributed by atoms with Crippen molar-refractivity contribution in [2.45, 2.75) is 72.4 Å². The minimum Gasteiger partial charge on any atom is -0.169 e. The fourth-order valence-corrected chi connectivity index (χ4v) is 2.87. The molecule has 1 aromatic rings. The van der Waals surface area contributed by atoms with Crippen LogP contribution in [-0.4, -0.2) is 6.18 Å². The minimum atomic E-state index is -4.43. The van der Waals surface area contributed by atoms with Crippen molar-refractivity contribution in [3.8, 4) is 11.8 Å². The molecule has 0 N–H and O–H groups in total. The van der Waals surface area contributed by atoms with E-state index in [9.17, 15) is 13.2 Å². The molecule has 1 rings (SSSR count). The van der Waals surface area contributed by atoms with E-state index in [4.69, 9.17) is 0 Å². The molecule has 0 aliphatic rings. The maximum atomic E-state index is 13.9. The minimum absolute atomic E-state index is 0.313. The molecule has 1 unspecified atom stereocenters. The van der Waals surface area contributed by atoms with Crippen LogP contribution in [-0.2, 0) is 6.42 Å². The molecule has 0 nitrogen and oxygen atoms in total. The summed E-state index contributed by atoms with van der Waals surface area (Å²) in [6.45, 7) is 13.2. The van der Waals surface area contributed by atoms with Gasteiger partial charge in [-0.25, -0.2) is 0 Å². The summed E-state index contributed by atoms with van der Waals surface area (Å²) in [5.74, 6) is 3.21. The Kier molecular flexibility index (Phi) is 8.21. The second kappa shape index (κ2) is 9.67. The Balaban J connectivity index is 3.76. The Morgan fingerprint density at radius 2 is 1.81 bits per heavy atom. The molecule has 3 heteroatoms.